The lowest BCUT2D eigenvalue weighted by Crippen LogP contribution is -2.50. The van der Waals surface area contributed by atoms with Crippen LogP contribution >= 0.6 is 0 Å². The number of piperazine rings is 1. The first-order chi connectivity index (χ1) is 13.1. The molecule has 2 heterocycles. The van der Waals surface area contributed by atoms with Gasteiger partial charge in [0.2, 0.25) is 5.91 Å². The van der Waals surface area contributed by atoms with E-state index in [2.05, 4.69) is 4.98 Å². The van der Waals surface area contributed by atoms with Crippen LogP contribution in [0.2, 0.25) is 0 Å². The maximum Gasteiger partial charge on any atom is 0.269 e. The van der Waals surface area contributed by atoms with Crippen LogP contribution in [-0.2, 0) is 11.3 Å². The molecule has 0 spiro atoms. The summed E-state index contributed by atoms with van der Waals surface area (Å²) in [5, 5.41) is 0. The van der Waals surface area contributed by atoms with Crippen molar-refractivity contribution in [3.63, 3.8) is 0 Å². The monoisotopic (exact) mass is 366 g/mol. The van der Waals surface area contributed by atoms with Crippen molar-refractivity contribution in [1.82, 2.24) is 14.5 Å². The summed E-state index contributed by atoms with van der Waals surface area (Å²) < 4.78 is 15.4. The number of rotatable bonds is 3. The molecule has 6 nitrogen and oxygen atoms in total. The topological polar surface area (TPSA) is 58.4 Å². The first-order valence-corrected chi connectivity index (χ1v) is 8.85. The molecule has 0 saturated carbocycles. The molecule has 1 aliphatic heterocycles. The highest BCUT2D eigenvalue weighted by atomic mass is 19.1. The molecule has 3 aromatic rings. The maximum atomic E-state index is 13.9. The van der Waals surface area contributed by atoms with Gasteiger partial charge in [-0.3, -0.25) is 14.2 Å². The van der Waals surface area contributed by atoms with Crippen molar-refractivity contribution in [3.05, 3.63) is 70.9 Å². The molecule has 1 aromatic heterocycles. The van der Waals surface area contributed by atoms with E-state index in [9.17, 15) is 14.0 Å². The molecular weight excluding hydrogens is 347 g/mol. The third kappa shape index (κ3) is 3.40. The van der Waals surface area contributed by atoms with Gasteiger partial charge in [-0.1, -0.05) is 24.3 Å². The number of carbonyl (C=O) groups excluding carboxylic acids is 1. The van der Waals surface area contributed by atoms with Crippen molar-refractivity contribution >= 4 is 22.6 Å². The number of aromatic nitrogens is 2. The number of nitrogens with zero attached hydrogens (tertiary/aromatic N) is 4. The van der Waals surface area contributed by atoms with Gasteiger partial charge in [0.15, 0.2) is 0 Å². The minimum atomic E-state index is -0.299. The van der Waals surface area contributed by atoms with E-state index >= 15 is 0 Å². The largest absolute Gasteiger partial charge is 0.366 e. The summed E-state index contributed by atoms with van der Waals surface area (Å²) in [7, 11) is 0. The van der Waals surface area contributed by atoms with Crippen molar-refractivity contribution in [1.29, 1.82) is 0 Å². The zero-order valence-electron chi connectivity index (χ0n) is 14.7. The molecule has 7 heteroatoms. The van der Waals surface area contributed by atoms with Crippen LogP contribution in [0.15, 0.2) is 59.5 Å². The summed E-state index contributed by atoms with van der Waals surface area (Å²) >= 11 is 0. The molecule has 1 aliphatic rings. The molecule has 1 saturated heterocycles. The zero-order valence-corrected chi connectivity index (χ0v) is 14.7. The predicted molar refractivity (Wildman–Crippen MR) is 101 cm³/mol. The average molecular weight is 366 g/mol. The van der Waals surface area contributed by atoms with Gasteiger partial charge in [-0.2, -0.15) is 0 Å². The van der Waals surface area contributed by atoms with Crippen LogP contribution in [0.25, 0.3) is 11.0 Å². The molecule has 0 aliphatic carbocycles. The Hall–Kier alpha value is -3.22. The molecule has 4 rings (SSSR count). The number of anilines is 1. The van der Waals surface area contributed by atoms with Crippen LogP contribution in [0.5, 0.6) is 0 Å². The molecule has 0 N–H and O–H groups in total. The third-order valence-corrected chi connectivity index (χ3v) is 4.87. The summed E-state index contributed by atoms with van der Waals surface area (Å²) in [6, 6.07) is 13.9. The fraction of sp³-hybridized carbons (Fsp3) is 0.250. The number of amides is 1. The lowest BCUT2D eigenvalue weighted by Gasteiger charge is -2.36. The van der Waals surface area contributed by atoms with Crippen LogP contribution < -0.4 is 10.5 Å². The van der Waals surface area contributed by atoms with Crippen LogP contribution in [0.3, 0.4) is 0 Å². The maximum absolute atomic E-state index is 13.9. The second-order valence-corrected chi connectivity index (χ2v) is 6.49. The number of halogens is 1. The first-order valence-electron chi connectivity index (χ1n) is 8.85. The van der Waals surface area contributed by atoms with Crippen LogP contribution in [0.4, 0.5) is 10.1 Å². The summed E-state index contributed by atoms with van der Waals surface area (Å²) in [5.74, 6) is -0.381. The second-order valence-electron chi connectivity index (χ2n) is 6.49. The van der Waals surface area contributed by atoms with Gasteiger partial charge in [-0.15, -0.1) is 0 Å². The van der Waals surface area contributed by atoms with Crippen LogP contribution in [-0.4, -0.2) is 46.5 Å². The minimum absolute atomic E-state index is 0.0262. The van der Waals surface area contributed by atoms with Crippen molar-refractivity contribution < 1.29 is 9.18 Å². The number of fused-ring (bicyclic) bond motifs is 1. The van der Waals surface area contributed by atoms with E-state index < -0.39 is 0 Å². The number of hydrogen-bond donors (Lipinski definition) is 0. The first kappa shape index (κ1) is 17.2. The van der Waals surface area contributed by atoms with Gasteiger partial charge in [0, 0.05) is 26.2 Å². The van der Waals surface area contributed by atoms with E-state index in [0.717, 1.165) is 0 Å². The van der Waals surface area contributed by atoms with Gasteiger partial charge in [0.1, 0.15) is 12.4 Å². The molecule has 0 atom stereocenters. The Kier molecular flexibility index (Phi) is 4.58. The fourth-order valence-corrected chi connectivity index (χ4v) is 3.42. The van der Waals surface area contributed by atoms with Crippen molar-refractivity contribution in [2.24, 2.45) is 0 Å². The minimum Gasteiger partial charge on any atom is -0.366 e. The Balaban J connectivity index is 1.47. The Labute approximate surface area is 155 Å². The molecule has 138 valence electrons. The van der Waals surface area contributed by atoms with Gasteiger partial charge >= 0.3 is 0 Å². The van der Waals surface area contributed by atoms with E-state index in [-0.39, 0.29) is 23.8 Å². The van der Waals surface area contributed by atoms with Crippen molar-refractivity contribution in [2.75, 3.05) is 31.1 Å². The van der Waals surface area contributed by atoms with E-state index in [0.29, 0.717) is 42.9 Å². The molecule has 1 amide bonds. The molecule has 2 aromatic carbocycles. The van der Waals surface area contributed by atoms with Crippen LogP contribution in [0, 0.1) is 5.82 Å². The van der Waals surface area contributed by atoms with Gasteiger partial charge in [-0.05, 0) is 24.3 Å². The molecule has 0 unspecified atom stereocenters. The smallest absolute Gasteiger partial charge is 0.269 e. The summed E-state index contributed by atoms with van der Waals surface area (Å²) in [5.41, 5.74) is 1.57. The average Bonchev–Trinajstić information content (AvgIpc) is 2.70. The van der Waals surface area contributed by atoms with Gasteiger partial charge < -0.3 is 9.80 Å². The lowest BCUT2D eigenvalue weighted by atomic mass is 10.2. The molecule has 0 bridgehead atoms. The summed E-state index contributed by atoms with van der Waals surface area (Å²) in [6.45, 7) is 2.06. The third-order valence-electron chi connectivity index (χ3n) is 4.87. The second kappa shape index (κ2) is 7.19. The van der Waals surface area contributed by atoms with Gasteiger partial charge in [0.05, 0.1) is 22.9 Å². The zero-order chi connectivity index (χ0) is 18.8. The lowest BCUT2D eigenvalue weighted by molar-refractivity contribution is -0.132. The number of carbonyl (C=O) groups is 1. The van der Waals surface area contributed by atoms with E-state index in [1.165, 1.54) is 16.8 Å². The highest BCUT2D eigenvalue weighted by Gasteiger charge is 2.23. The van der Waals surface area contributed by atoms with Gasteiger partial charge in [-0.25, -0.2) is 9.37 Å². The van der Waals surface area contributed by atoms with Crippen LogP contribution in [0.1, 0.15) is 0 Å². The summed E-state index contributed by atoms with van der Waals surface area (Å²) in [4.78, 5) is 32.7. The Morgan fingerprint density at radius 1 is 1.00 bits per heavy atom. The Bertz CT molecular complexity index is 1040. The Morgan fingerprint density at radius 3 is 2.48 bits per heavy atom. The molecular formula is C20H19FN4O2. The number of benzene rings is 2. The molecule has 1 fully saturated rings. The van der Waals surface area contributed by atoms with E-state index in [4.69, 9.17) is 0 Å². The van der Waals surface area contributed by atoms with Gasteiger partial charge in [0.25, 0.3) is 5.56 Å². The van der Waals surface area contributed by atoms with Crippen molar-refractivity contribution in [2.45, 2.75) is 6.54 Å². The standard InChI is InChI=1S/C20H19FN4O2/c21-15-5-1-3-7-17(15)23-9-11-24(12-10-23)20(27)14-25-18-8-4-2-6-16(18)22-13-19(25)26/h1-8,13H,9-12,14H2. The molecule has 0 radical (unpaired) electrons. The fourth-order valence-electron chi connectivity index (χ4n) is 3.42. The van der Waals surface area contributed by atoms with Crippen molar-refractivity contribution in [3.8, 4) is 0 Å². The quantitative estimate of drug-likeness (QED) is 0.710. The highest BCUT2D eigenvalue weighted by molar-refractivity contribution is 5.80. The highest BCUT2D eigenvalue weighted by Crippen LogP contribution is 2.20. The summed E-state index contributed by atoms with van der Waals surface area (Å²) in [6.07, 6.45) is 1.24. The van der Waals surface area contributed by atoms with E-state index in [1.807, 2.05) is 23.1 Å². The molecule has 27 heavy (non-hydrogen) atoms. The predicted octanol–water partition coefficient (Wildman–Crippen LogP) is 1.88. The Morgan fingerprint density at radius 2 is 1.70 bits per heavy atom. The number of hydrogen-bond acceptors (Lipinski definition) is 4. The normalized spacial score (nSPS) is 14.6. The van der Waals surface area contributed by atoms with E-state index in [1.54, 1.807) is 29.2 Å². The number of para-hydroxylation sites is 3. The SMILES string of the molecule is O=C(Cn1c(=O)cnc2ccccc21)N1CCN(c2ccccc2F)CC1.